The number of rotatable bonds is 3. The second-order valence-corrected chi connectivity index (χ2v) is 4.54. The van der Waals surface area contributed by atoms with Crippen LogP contribution in [0.2, 0.25) is 0 Å². The summed E-state index contributed by atoms with van der Waals surface area (Å²) in [5.41, 5.74) is 1.56. The number of ether oxygens (including phenoxy) is 2. The summed E-state index contributed by atoms with van der Waals surface area (Å²) in [4.78, 5) is 16.2. The molecule has 1 atom stereocenters. The number of amides is 1. The van der Waals surface area contributed by atoms with Gasteiger partial charge in [0.2, 0.25) is 6.79 Å². The highest BCUT2D eigenvalue weighted by Crippen LogP contribution is 2.32. The summed E-state index contributed by atoms with van der Waals surface area (Å²) in [5.74, 6) is 1.13. The molecule has 1 N–H and O–H groups in total. The average molecular weight is 270 g/mol. The molecule has 0 bridgehead atoms. The van der Waals surface area contributed by atoms with Gasteiger partial charge >= 0.3 is 0 Å². The summed E-state index contributed by atoms with van der Waals surface area (Å²) in [7, 11) is 0. The van der Waals surface area contributed by atoms with Crippen LogP contribution in [-0.2, 0) is 0 Å². The van der Waals surface area contributed by atoms with Gasteiger partial charge in [0.1, 0.15) is 0 Å². The lowest BCUT2D eigenvalue weighted by Gasteiger charge is -2.14. The minimum absolute atomic E-state index is 0.0871. The molecule has 0 radical (unpaired) electrons. The van der Waals surface area contributed by atoms with E-state index in [-0.39, 0.29) is 18.7 Å². The molecule has 0 fully saturated rings. The standard InChI is InChI=1S/C15H14N2O3/c1-10(11-4-6-16-7-5-11)17-15(18)12-2-3-13-14(8-12)20-9-19-13/h2-8,10H,9H2,1H3,(H,17,18)/t10-/m0/s1. The Morgan fingerprint density at radius 1 is 1.20 bits per heavy atom. The fraction of sp³-hybridized carbons (Fsp3) is 0.200. The van der Waals surface area contributed by atoms with Crippen molar-refractivity contribution in [2.24, 2.45) is 0 Å². The monoisotopic (exact) mass is 270 g/mol. The van der Waals surface area contributed by atoms with Gasteiger partial charge in [0.25, 0.3) is 5.91 Å². The largest absolute Gasteiger partial charge is 0.454 e. The Hall–Kier alpha value is -2.56. The predicted molar refractivity (Wildman–Crippen MR) is 72.7 cm³/mol. The first-order valence-electron chi connectivity index (χ1n) is 6.34. The Bertz CT molecular complexity index is 628. The third-order valence-electron chi connectivity index (χ3n) is 3.19. The van der Waals surface area contributed by atoms with Crippen molar-refractivity contribution in [1.29, 1.82) is 0 Å². The molecule has 2 heterocycles. The summed E-state index contributed by atoms with van der Waals surface area (Å²) in [5, 5.41) is 2.94. The van der Waals surface area contributed by atoms with E-state index in [1.165, 1.54) is 0 Å². The fourth-order valence-electron chi connectivity index (χ4n) is 2.05. The van der Waals surface area contributed by atoms with Crippen molar-refractivity contribution >= 4 is 5.91 Å². The first kappa shape index (κ1) is 12.5. The maximum Gasteiger partial charge on any atom is 0.251 e. The van der Waals surface area contributed by atoms with E-state index in [9.17, 15) is 4.79 Å². The quantitative estimate of drug-likeness (QED) is 0.929. The average Bonchev–Trinajstić information content (AvgIpc) is 2.95. The molecule has 3 rings (SSSR count). The molecule has 1 aromatic heterocycles. The first-order chi connectivity index (χ1) is 9.74. The normalized spacial score (nSPS) is 13.8. The number of benzene rings is 1. The SMILES string of the molecule is C[C@H](NC(=O)c1ccc2c(c1)OCO2)c1ccncc1. The molecule has 0 spiro atoms. The smallest absolute Gasteiger partial charge is 0.251 e. The van der Waals surface area contributed by atoms with Gasteiger partial charge < -0.3 is 14.8 Å². The van der Waals surface area contributed by atoms with Gasteiger partial charge in [-0.05, 0) is 42.8 Å². The lowest BCUT2D eigenvalue weighted by Crippen LogP contribution is -2.26. The second kappa shape index (κ2) is 5.21. The Kier molecular flexibility index (Phi) is 3.25. The van der Waals surface area contributed by atoms with Crippen molar-refractivity contribution < 1.29 is 14.3 Å². The molecule has 1 aliphatic heterocycles. The first-order valence-corrected chi connectivity index (χ1v) is 6.34. The summed E-state index contributed by atoms with van der Waals surface area (Å²) in [6, 6.07) is 8.83. The molecule has 0 unspecified atom stereocenters. The van der Waals surface area contributed by atoms with E-state index in [1.54, 1.807) is 30.6 Å². The van der Waals surface area contributed by atoms with Crippen molar-refractivity contribution in [2.45, 2.75) is 13.0 Å². The lowest BCUT2D eigenvalue weighted by atomic mass is 10.1. The van der Waals surface area contributed by atoms with E-state index in [0.29, 0.717) is 17.1 Å². The Labute approximate surface area is 116 Å². The van der Waals surface area contributed by atoms with E-state index in [4.69, 9.17) is 9.47 Å². The zero-order valence-corrected chi connectivity index (χ0v) is 11.0. The summed E-state index contributed by atoms with van der Waals surface area (Å²) < 4.78 is 10.5. The van der Waals surface area contributed by atoms with E-state index in [2.05, 4.69) is 10.3 Å². The Morgan fingerprint density at radius 2 is 1.95 bits per heavy atom. The van der Waals surface area contributed by atoms with Crippen LogP contribution in [0.15, 0.2) is 42.7 Å². The van der Waals surface area contributed by atoms with Crippen molar-refractivity contribution in [3.05, 3.63) is 53.9 Å². The molecule has 0 saturated heterocycles. The van der Waals surface area contributed by atoms with Gasteiger partial charge in [0.05, 0.1) is 6.04 Å². The van der Waals surface area contributed by atoms with Gasteiger partial charge in [-0.3, -0.25) is 9.78 Å². The predicted octanol–water partition coefficient (Wildman–Crippen LogP) is 2.30. The molecule has 20 heavy (non-hydrogen) atoms. The van der Waals surface area contributed by atoms with Crippen LogP contribution in [0.3, 0.4) is 0 Å². The number of aromatic nitrogens is 1. The molecule has 1 amide bonds. The number of hydrogen-bond donors (Lipinski definition) is 1. The molecule has 1 aromatic carbocycles. The molecular formula is C15H14N2O3. The van der Waals surface area contributed by atoms with E-state index >= 15 is 0 Å². The number of carbonyl (C=O) groups is 1. The highest BCUT2D eigenvalue weighted by atomic mass is 16.7. The number of carbonyl (C=O) groups excluding carboxylic acids is 1. The highest BCUT2D eigenvalue weighted by Gasteiger charge is 2.17. The van der Waals surface area contributed by atoms with Gasteiger partial charge in [-0.1, -0.05) is 0 Å². The van der Waals surface area contributed by atoms with Crippen LogP contribution in [0.5, 0.6) is 11.5 Å². The minimum Gasteiger partial charge on any atom is -0.454 e. The van der Waals surface area contributed by atoms with Gasteiger partial charge in [0, 0.05) is 18.0 Å². The van der Waals surface area contributed by atoms with Crippen molar-refractivity contribution in [2.75, 3.05) is 6.79 Å². The van der Waals surface area contributed by atoms with E-state index in [0.717, 1.165) is 5.56 Å². The van der Waals surface area contributed by atoms with Crippen molar-refractivity contribution in [1.82, 2.24) is 10.3 Å². The molecule has 5 nitrogen and oxygen atoms in total. The number of hydrogen-bond acceptors (Lipinski definition) is 4. The number of fused-ring (bicyclic) bond motifs is 1. The van der Waals surface area contributed by atoms with Gasteiger partial charge in [-0.25, -0.2) is 0 Å². The Morgan fingerprint density at radius 3 is 2.75 bits per heavy atom. The van der Waals surface area contributed by atoms with Crippen LogP contribution >= 0.6 is 0 Å². The van der Waals surface area contributed by atoms with Crippen molar-refractivity contribution in [3.8, 4) is 11.5 Å². The maximum atomic E-state index is 12.2. The topological polar surface area (TPSA) is 60.5 Å². The highest BCUT2D eigenvalue weighted by molar-refractivity contribution is 5.95. The van der Waals surface area contributed by atoms with Gasteiger partial charge in [-0.15, -0.1) is 0 Å². The summed E-state index contributed by atoms with van der Waals surface area (Å²) in [6.45, 7) is 2.13. The van der Waals surface area contributed by atoms with Crippen LogP contribution < -0.4 is 14.8 Å². The van der Waals surface area contributed by atoms with Gasteiger partial charge in [0.15, 0.2) is 11.5 Å². The molecule has 0 aliphatic carbocycles. The second-order valence-electron chi connectivity index (χ2n) is 4.54. The number of pyridine rings is 1. The molecule has 2 aromatic rings. The van der Waals surface area contributed by atoms with Crippen LogP contribution in [0.4, 0.5) is 0 Å². The third-order valence-corrected chi connectivity index (χ3v) is 3.19. The molecule has 5 heteroatoms. The summed E-state index contributed by atoms with van der Waals surface area (Å²) >= 11 is 0. The third kappa shape index (κ3) is 2.42. The van der Waals surface area contributed by atoms with Crippen molar-refractivity contribution in [3.63, 3.8) is 0 Å². The molecule has 1 aliphatic rings. The molecule has 0 saturated carbocycles. The van der Waals surface area contributed by atoms with Crippen LogP contribution in [0.1, 0.15) is 28.9 Å². The maximum absolute atomic E-state index is 12.2. The summed E-state index contributed by atoms with van der Waals surface area (Å²) in [6.07, 6.45) is 3.41. The zero-order valence-electron chi connectivity index (χ0n) is 11.0. The lowest BCUT2D eigenvalue weighted by molar-refractivity contribution is 0.0939. The minimum atomic E-state index is -0.146. The van der Waals surface area contributed by atoms with Crippen LogP contribution in [-0.4, -0.2) is 17.7 Å². The van der Waals surface area contributed by atoms with Gasteiger partial charge in [-0.2, -0.15) is 0 Å². The molecule has 102 valence electrons. The Balaban J connectivity index is 1.73. The fourth-order valence-corrected chi connectivity index (χ4v) is 2.05. The van der Waals surface area contributed by atoms with Crippen LogP contribution in [0, 0.1) is 0 Å². The van der Waals surface area contributed by atoms with Crippen LogP contribution in [0.25, 0.3) is 0 Å². The number of nitrogens with zero attached hydrogens (tertiary/aromatic N) is 1. The van der Waals surface area contributed by atoms with E-state index in [1.807, 2.05) is 19.1 Å². The number of nitrogens with one attached hydrogen (secondary N) is 1. The molecular weight excluding hydrogens is 256 g/mol. The zero-order chi connectivity index (χ0) is 13.9. The van der Waals surface area contributed by atoms with E-state index < -0.39 is 0 Å².